The van der Waals surface area contributed by atoms with Gasteiger partial charge in [0.15, 0.2) is 0 Å². The molecule has 3 heterocycles. The van der Waals surface area contributed by atoms with Gasteiger partial charge in [0.1, 0.15) is 5.75 Å². The van der Waals surface area contributed by atoms with Crippen LogP contribution in [0.1, 0.15) is 95.2 Å². The lowest BCUT2D eigenvalue weighted by Crippen LogP contribution is -2.53. The molecule has 7 nitrogen and oxygen atoms in total. The fourth-order valence-electron chi connectivity index (χ4n) is 10.5. The van der Waals surface area contributed by atoms with Crippen molar-refractivity contribution in [1.29, 1.82) is 0 Å². The van der Waals surface area contributed by atoms with Crippen molar-refractivity contribution >= 4 is 17.5 Å². The molecule has 4 atom stereocenters. The molecule has 280 valence electrons. The van der Waals surface area contributed by atoms with E-state index < -0.39 is 0 Å². The number of aromatic hydroxyl groups is 1. The summed E-state index contributed by atoms with van der Waals surface area (Å²) in [5, 5.41) is 12.8. The van der Waals surface area contributed by atoms with Gasteiger partial charge in [0.05, 0.1) is 5.92 Å². The summed E-state index contributed by atoms with van der Waals surface area (Å²) in [6.07, 6.45) is 8.96. The molecule has 3 saturated heterocycles. The molecule has 4 aromatic carbocycles. The Hall–Kier alpha value is -4.46. The van der Waals surface area contributed by atoms with Crippen molar-refractivity contribution in [3.63, 3.8) is 0 Å². The van der Waals surface area contributed by atoms with E-state index in [1.54, 1.807) is 0 Å². The second-order valence-electron chi connectivity index (χ2n) is 16.7. The molecule has 9 rings (SSSR count). The standard InChI is InChI=1S/C47H54N4O3/c52-41-15-17-43-37(30-41)11-16-42(34-4-2-1-3-5-34)46(43)35-9-12-39(13-10-35)50-22-20-32(21-23-50)31-49-24-26-51(27-25-49)40-14-8-33-6-7-36(28-38(33)29-40)44-18-19-45(53)48-47(44)54/h1-7,9-10,12-13,15,17,28,30,32,40,42,44,46,52H,8,11,14,16,18-27,29,31H2,(H,48,53,54)/t40-,42-,44?,46+/m1/s1. The highest BCUT2D eigenvalue weighted by atomic mass is 16.3. The quantitative estimate of drug-likeness (QED) is 0.197. The third-order valence-corrected chi connectivity index (χ3v) is 13.6. The molecule has 2 N–H and O–H groups in total. The van der Waals surface area contributed by atoms with Gasteiger partial charge in [-0.1, -0.05) is 66.7 Å². The number of piperidine rings is 2. The first-order chi connectivity index (χ1) is 26.4. The number of hydrogen-bond acceptors (Lipinski definition) is 6. The fraction of sp³-hybridized carbons (Fsp3) is 0.447. The third kappa shape index (κ3) is 7.33. The van der Waals surface area contributed by atoms with Crippen LogP contribution < -0.4 is 10.2 Å². The summed E-state index contributed by atoms with van der Waals surface area (Å²) >= 11 is 0. The van der Waals surface area contributed by atoms with E-state index in [1.807, 2.05) is 12.1 Å². The molecule has 0 saturated carbocycles. The number of rotatable bonds is 7. The van der Waals surface area contributed by atoms with Crippen LogP contribution >= 0.6 is 0 Å². The number of carbonyl (C=O) groups excluding carboxylic acids is 2. The minimum Gasteiger partial charge on any atom is -0.508 e. The highest BCUT2D eigenvalue weighted by Crippen LogP contribution is 2.47. The zero-order valence-corrected chi connectivity index (χ0v) is 31.5. The van der Waals surface area contributed by atoms with Crippen LogP contribution in [-0.2, 0) is 28.9 Å². The Morgan fingerprint density at radius 2 is 1.41 bits per heavy atom. The van der Waals surface area contributed by atoms with E-state index in [9.17, 15) is 14.7 Å². The van der Waals surface area contributed by atoms with Crippen LogP contribution in [0.25, 0.3) is 0 Å². The van der Waals surface area contributed by atoms with Crippen molar-refractivity contribution in [3.8, 4) is 5.75 Å². The summed E-state index contributed by atoms with van der Waals surface area (Å²) in [7, 11) is 0. The van der Waals surface area contributed by atoms with Gasteiger partial charge in [-0.2, -0.15) is 0 Å². The zero-order valence-electron chi connectivity index (χ0n) is 31.5. The van der Waals surface area contributed by atoms with Crippen molar-refractivity contribution in [2.75, 3.05) is 50.7 Å². The maximum absolute atomic E-state index is 12.5. The molecule has 4 aromatic rings. The Balaban J connectivity index is 0.771. The zero-order chi connectivity index (χ0) is 36.6. The Kier molecular flexibility index (Phi) is 10.0. The number of nitrogens with zero attached hydrogens (tertiary/aromatic N) is 3. The number of piperazine rings is 1. The van der Waals surface area contributed by atoms with Gasteiger partial charge >= 0.3 is 0 Å². The molecule has 0 aromatic heterocycles. The van der Waals surface area contributed by atoms with E-state index in [4.69, 9.17) is 0 Å². The number of anilines is 1. The fourth-order valence-corrected chi connectivity index (χ4v) is 10.5. The number of phenols is 1. The first-order valence-corrected chi connectivity index (χ1v) is 20.6. The van der Waals surface area contributed by atoms with E-state index in [-0.39, 0.29) is 23.7 Å². The van der Waals surface area contributed by atoms with Crippen LogP contribution in [0.3, 0.4) is 0 Å². The molecule has 2 aliphatic carbocycles. The molecular weight excluding hydrogens is 669 g/mol. The van der Waals surface area contributed by atoms with E-state index >= 15 is 0 Å². The number of aryl methyl sites for hydroxylation is 2. The van der Waals surface area contributed by atoms with Gasteiger partial charge < -0.3 is 14.9 Å². The van der Waals surface area contributed by atoms with Gasteiger partial charge in [0.2, 0.25) is 11.8 Å². The maximum atomic E-state index is 12.5. The summed E-state index contributed by atoms with van der Waals surface area (Å²) < 4.78 is 0. The Bertz CT molecular complexity index is 1960. The van der Waals surface area contributed by atoms with Crippen LogP contribution in [0.5, 0.6) is 5.75 Å². The molecule has 0 radical (unpaired) electrons. The Morgan fingerprint density at radius 1 is 0.648 bits per heavy atom. The smallest absolute Gasteiger partial charge is 0.234 e. The Labute approximate surface area is 320 Å². The molecule has 7 heteroatoms. The molecule has 54 heavy (non-hydrogen) atoms. The number of amides is 2. The second kappa shape index (κ2) is 15.3. The monoisotopic (exact) mass is 722 g/mol. The number of benzene rings is 4. The van der Waals surface area contributed by atoms with E-state index in [0.717, 1.165) is 76.4 Å². The second-order valence-corrected chi connectivity index (χ2v) is 16.7. The third-order valence-electron chi connectivity index (χ3n) is 13.6. The maximum Gasteiger partial charge on any atom is 0.234 e. The number of phenolic OH excluding ortho intramolecular Hbond substituents is 1. The van der Waals surface area contributed by atoms with Crippen molar-refractivity contribution < 1.29 is 14.7 Å². The highest BCUT2D eigenvalue weighted by molar-refractivity contribution is 6.00. The molecule has 0 bridgehead atoms. The molecular formula is C47H54N4O3. The number of imide groups is 1. The number of hydrogen-bond donors (Lipinski definition) is 2. The van der Waals surface area contributed by atoms with E-state index in [0.29, 0.717) is 30.6 Å². The van der Waals surface area contributed by atoms with Crippen LogP contribution in [0.15, 0.2) is 91.0 Å². The first kappa shape index (κ1) is 35.3. The van der Waals surface area contributed by atoms with E-state index in [2.05, 4.69) is 98.9 Å². The highest BCUT2D eigenvalue weighted by Gasteiger charge is 2.34. The minimum atomic E-state index is -0.208. The summed E-state index contributed by atoms with van der Waals surface area (Å²) in [6.45, 7) is 8.01. The number of nitrogens with one attached hydrogen (secondary N) is 1. The van der Waals surface area contributed by atoms with Gasteiger partial charge in [-0.3, -0.25) is 19.8 Å². The SMILES string of the molecule is O=C1CCC(c2ccc3c(c2)C[C@H](N2CCN(CC4CCN(c5ccc([C@@H]6c7ccc(O)cc7CC[C@@H]6c6ccccc6)cc5)CC4)CC2)CC3)C(=O)N1. The number of fused-ring (bicyclic) bond motifs is 2. The lowest BCUT2D eigenvalue weighted by atomic mass is 9.69. The molecule has 5 aliphatic rings. The van der Waals surface area contributed by atoms with Crippen molar-refractivity contribution in [3.05, 3.63) is 130 Å². The summed E-state index contributed by atoms with van der Waals surface area (Å²) in [6, 6.07) is 33.6. The first-order valence-electron chi connectivity index (χ1n) is 20.6. The summed E-state index contributed by atoms with van der Waals surface area (Å²) in [4.78, 5) is 32.2. The molecule has 3 fully saturated rings. The van der Waals surface area contributed by atoms with Crippen molar-refractivity contribution in [1.82, 2.24) is 15.1 Å². The summed E-state index contributed by atoms with van der Waals surface area (Å²) in [5.41, 5.74) is 10.6. The average molecular weight is 723 g/mol. The van der Waals surface area contributed by atoms with Crippen LogP contribution in [0, 0.1) is 5.92 Å². The predicted octanol–water partition coefficient (Wildman–Crippen LogP) is 7.17. The normalized spacial score (nSPS) is 25.5. The number of carbonyl (C=O) groups is 2. The lowest BCUT2D eigenvalue weighted by molar-refractivity contribution is -0.134. The van der Waals surface area contributed by atoms with Crippen LogP contribution in [0.4, 0.5) is 5.69 Å². The summed E-state index contributed by atoms with van der Waals surface area (Å²) in [5.74, 6) is 1.32. The molecule has 1 unspecified atom stereocenters. The largest absolute Gasteiger partial charge is 0.508 e. The van der Waals surface area contributed by atoms with Crippen LogP contribution in [-0.4, -0.2) is 78.6 Å². The van der Waals surface area contributed by atoms with Crippen LogP contribution in [0.2, 0.25) is 0 Å². The van der Waals surface area contributed by atoms with Crippen molar-refractivity contribution in [2.45, 2.75) is 81.6 Å². The molecule has 3 aliphatic heterocycles. The predicted molar refractivity (Wildman–Crippen MR) is 214 cm³/mol. The van der Waals surface area contributed by atoms with Crippen molar-refractivity contribution in [2.24, 2.45) is 5.92 Å². The van der Waals surface area contributed by atoms with Gasteiger partial charge in [-0.25, -0.2) is 0 Å². The topological polar surface area (TPSA) is 76.1 Å². The molecule has 2 amide bonds. The van der Waals surface area contributed by atoms with Gasteiger partial charge in [0.25, 0.3) is 0 Å². The van der Waals surface area contributed by atoms with Gasteiger partial charge in [-0.05, 0) is 126 Å². The Morgan fingerprint density at radius 3 is 2.19 bits per heavy atom. The minimum absolute atomic E-state index is 0.142. The lowest BCUT2D eigenvalue weighted by Gasteiger charge is -2.43. The van der Waals surface area contributed by atoms with Gasteiger partial charge in [-0.15, -0.1) is 0 Å². The average Bonchev–Trinajstić information content (AvgIpc) is 3.21. The van der Waals surface area contributed by atoms with E-state index in [1.165, 1.54) is 64.9 Å². The van der Waals surface area contributed by atoms with Gasteiger partial charge in [0, 0.05) is 69.9 Å². The molecule has 0 spiro atoms.